The van der Waals surface area contributed by atoms with E-state index in [1.807, 2.05) is 18.2 Å². The summed E-state index contributed by atoms with van der Waals surface area (Å²) in [5, 5.41) is 14.0. The third-order valence-electron chi connectivity index (χ3n) is 3.51. The number of anilines is 2. The number of benzene rings is 2. The van der Waals surface area contributed by atoms with Crippen molar-refractivity contribution in [3.63, 3.8) is 0 Å². The topological polar surface area (TPSA) is 81.7 Å². The molecule has 1 N–H and O–H groups in total. The zero-order valence-electron chi connectivity index (χ0n) is 14.5. The summed E-state index contributed by atoms with van der Waals surface area (Å²) in [6.07, 6.45) is -2.02. The van der Waals surface area contributed by atoms with E-state index in [-0.39, 0.29) is 12.6 Å². The van der Waals surface area contributed by atoms with Gasteiger partial charge in [0.15, 0.2) is 0 Å². The average Bonchev–Trinajstić information content (AvgIpc) is 2.55. The molecule has 0 aromatic heterocycles. The maximum Gasteiger partial charge on any atom is 0.411 e. The largest absolute Gasteiger partial charge is 0.530 e. The van der Waals surface area contributed by atoms with Crippen LogP contribution in [0.25, 0.3) is 11.1 Å². The van der Waals surface area contributed by atoms with Crippen LogP contribution in [-0.4, -0.2) is 24.8 Å². The highest BCUT2D eigenvalue weighted by atomic mass is 16.6. The van der Waals surface area contributed by atoms with E-state index in [1.165, 1.54) is 0 Å². The van der Waals surface area contributed by atoms with Crippen molar-refractivity contribution in [3.05, 3.63) is 48.5 Å². The summed E-state index contributed by atoms with van der Waals surface area (Å²) >= 11 is 0. The van der Waals surface area contributed by atoms with Crippen LogP contribution in [0.1, 0.15) is 20.8 Å². The van der Waals surface area contributed by atoms with Crippen LogP contribution in [0.15, 0.2) is 48.5 Å². The Kier molecular flexibility index (Phi) is 6.00. The first-order valence-electron chi connectivity index (χ1n) is 8.08. The fourth-order valence-corrected chi connectivity index (χ4v) is 2.46. The minimum atomic E-state index is -1.26. The van der Waals surface area contributed by atoms with E-state index in [1.54, 1.807) is 51.1 Å². The number of ether oxygens (including phenoxy) is 1. The van der Waals surface area contributed by atoms with Crippen LogP contribution in [0.4, 0.5) is 21.0 Å². The summed E-state index contributed by atoms with van der Waals surface area (Å²) in [7, 11) is 0. The minimum absolute atomic E-state index is 0.225. The third kappa shape index (κ3) is 4.73. The van der Waals surface area contributed by atoms with Crippen molar-refractivity contribution in [1.29, 1.82) is 0 Å². The van der Waals surface area contributed by atoms with E-state index in [0.717, 1.165) is 16.0 Å². The van der Waals surface area contributed by atoms with Gasteiger partial charge >= 0.3 is 6.09 Å². The van der Waals surface area contributed by atoms with Gasteiger partial charge < -0.3 is 19.5 Å². The fraction of sp³-hybridized carbons (Fsp3) is 0.263. The highest BCUT2D eigenvalue weighted by Crippen LogP contribution is 2.30. The molecule has 0 saturated heterocycles. The van der Waals surface area contributed by atoms with Crippen LogP contribution in [0.5, 0.6) is 0 Å². The highest BCUT2D eigenvalue weighted by Gasteiger charge is 2.12. The lowest BCUT2D eigenvalue weighted by Crippen LogP contribution is -2.41. The van der Waals surface area contributed by atoms with Gasteiger partial charge in [-0.25, -0.2) is 4.79 Å². The predicted molar refractivity (Wildman–Crippen MR) is 95.5 cm³/mol. The van der Waals surface area contributed by atoms with Gasteiger partial charge in [0.25, 0.3) is 0 Å². The van der Waals surface area contributed by atoms with Crippen molar-refractivity contribution in [2.45, 2.75) is 26.9 Å². The van der Waals surface area contributed by atoms with E-state index >= 15 is 0 Å². The van der Waals surface area contributed by atoms with Gasteiger partial charge in [-0.15, -0.1) is 0 Å². The molecular weight excluding hydrogens is 320 g/mol. The van der Waals surface area contributed by atoms with Crippen molar-refractivity contribution in [2.24, 2.45) is 0 Å². The van der Waals surface area contributed by atoms with Crippen LogP contribution < -0.4 is 15.3 Å². The summed E-state index contributed by atoms with van der Waals surface area (Å²) < 4.78 is 5.11. The number of nitrogens with one attached hydrogen (secondary N) is 1. The Bertz CT molecular complexity index is 759. The number of nitrogens with zero attached hydrogens (tertiary/aromatic N) is 1. The smallest absolute Gasteiger partial charge is 0.411 e. The monoisotopic (exact) mass is 341 g/mol. The SMILES string of the molecule is CCN(C(=O)[O-])c1cccc(-c2ccccc2NC(=O)OC(C)C)c1. The molecule has 132 valence electrons. The molecule has 0 aliphatic carbocycles. The Labute approximate surface area is 147 Å². The van der Waals surface area contributed by atoms with Gasteiger partial charge in [-0.2, -0.15) is 0 Å². The van der Waals surface area contributed by atoms with Gasteiger partial charge in [0.1, 0.15) is 6.09 Å². The van der Waals surface area contributed by atoms with Gasteiger partial charge in [-0.3, -0.25) is 5.32 Å². The standard InChI is InChI=1S/C19H22N2O4/c1-4-21(19(23)24)15-9-7-8-14(12-15)16-10-5-6-11-17(16)20-18(22)25-13(2)3/h5-13H,4H2,1-3H3,(H,20,22)(H,23,24)/p-1. The molecule has 0 fully saturated rings. The highest BCUT2D eigenvalue weighted by molar-refractivity contribution is 5.93. The maximum absolute atomic E-state index is 11.9. The van der Waals surface area contributed by atoms with Gasteiger partial charge in [-0.05, 0) is 44.5 Å². The Balaban J connectivity index is 2.36. The molecule has 0 spiro atoms. The maximum atomic E-state index is 11.9. The van der Waals surface area contributed by atoms with Gasteiger partial charge in [0.2, 0.25) is 0 Å². The molecule has 6 heteroatoms. The summed E-state index contributed by atoms with van der Waals surface area (Å²) in [6, 6.07) is 14.3. The van der Waals surface area contributed by atoms with Crippen LogP contribution in [0, 0.1) is 0 Å². The summed E-state index contributed by atoms with van der Waals surface area (Å²) in [6.45, 7) is 5.56. The minimum Gasteiger partial charge on any atom is -0.530 e. The van der Waals surface area contributed by atoms with Crippen LogP contribution in [0.2, 0.25) is 0 Å². The molecule has 0 atom stereocenters. The Hall–Kier alpha value is -3.02. The van der Waals surface area contributed by atoms with Crippen molar-refractivity contribution in [1.82, 2.24) is 0 Å². The van der Waals surface area contributed by atoms with Crippen molar-refractivity contribution in [3.8, 4) is 11.1 Å². The second kappa shape index (κ2) is 8.19. The van der Waals surface area contributed by atoms with Crippen molar-refractivity contribution < 1.29 is 19.4 Å². The molecule has 2 aromatic carbocycles. The van der Waals surface area contributed by atoms with E-state index in [4.69, 9.17) is 4.74 Å². The summed E-state index contributed by atoms with van der Waals surface area (Å²) in [5.74, 6) is 0. The van der Waals surface area contributed by atoms with E-state index in [2.05, 4.69) is 5.32 Å². The molecule has 6 nitrogen and oxygen atoms in total. The number of carboxylic acid groups (broad SMARTS) is 1. The summed E-state index contributed by atoms with van der Waals surface area (Å²) in [4.78, 5) is 24.3. The van der Waals surface area contributed by atoms with Crippen molar-refractivity contribution in [2.75, 3.05) is 16.8 Å². The van der Waals surface area contributed by atoms with Crippen LogP contribution >= 0.6 is 0 Å². The number of hydrogen-bond acceptors (Lipinski definition) is 4. The molecule has 0 saturated carbocycles. The molecule has 2 aromatic rings. The van der Waals surface area contributed by atoms with Gasteiger partial charge in [0.05, 0.1) is 11.8 Å². The van der Waals surface area contributed by atoms with Crippen molar-refractivity contribution >= 4 is 23.6 Å². The first-order valence-corrected chi connectivity index (χ1v) is 8.08. The number of carbonyl (C=O) groups excluding carboxylic acids is 2. The molecule has 0 radical (unpaired) electrons. The molecule has 0 heterocycles. The Morgan fingerprint density at radius 2 is 1.88 bits per heavy atom. The second-order valence-corrected chi connectivity index (χ2v) is 5.69. The van der Waals surface area contributed by atoms with E-state index < -0.39 is 12.2 Å². The zero-order chi connectivity index (χ0) is 18.4. The third-order valence-corrected chi connectivity index (χ3v) is 3.51. The Morgan fingerprint density at radius 1 is 1.16 bits per heavy atom. The average molecular weight is 341 g/mol. The van der Waals surface area contributed by atoms with Crippen LogP contribution in [-0.2, 0) is 4.74 Å². The molecule has 0 bridgehead atoms. The fourth-order valence-electron chi connectivity index (χ4n) is 2.46. The quantitative estimate of drug-likeness (QED) is 0.902. The molecular formula is C19H21N2O4-. The van der Waals surface area contributed by atoms with E-state index in [0.29, 0.717) is 11.4 Å². The first-order chi connectivity index (χ1) is 11.9. The summed E-state index contributed by atoms with van der Waals surface area (Å²) in [5.41, 5.74) is 2.64. The molecule has 0 aliphatic heterocycles. The van der Waals surface area contributed by atoms with E-state index in [9.17, 15) is 14.7 Å². The lowest BCUT2D eigenvalue weighted by molar-refractivity contribution is -0.246. The second-order valence-electron chi connectivity index (χ2n) is 5.69. The zero-order valence-corrected chi connectivity index (χ0v) is 14.5. The van der Waals surface area contributed by atoms with Crippen LogP contribution in [0.3, 0.4) is 0 Å². The molecule has 2 amide bonds. The van der Waals surface area contributed by atoms with Gasteiger partial charge in [-0.1, -0.05) is 30.3 Å². The number of amides is 2. The first kappa shape index (κ1) is 18.3. The number of hydrogen-bond donors (Lipinski definition) is 1. The number of para-hydroxylation sites is 1. The number of carbonyl (C=O) groups is 2. The molecule has 0 aliphatic rings. The number of rotatable bonds is 5. The predicted octanol–water partition coefficient (Wildman–Crippen LogP) is 3.48. The van der Waals surface area contributed by atoms with Gasteiger partial charge in [0, 0.05) is 17.8 Å². The molecule has 0 unspecified atom stereocenters. The molecule has 25 heavy (non-hydrogen) atoms. The lowest BCUT2D eigenvalue weighted by atomic mass is 10.0. The Morgan fingerprint density at radius 3 is 2.52 bits per heavy atom. The normalized spacial score (nSPS) is 10.4. The lowest BCUT2D eigenvalue weighted by Gasteiger charge is -2.24. The molecule has 2 rings (SSSR count).